The van der Waals surface area contributed by atoms with Crippen LogP contribution in [0.3, 0.4) is 0 Å². The van der Waals surface area contributed by atoms with Crippen molar-refractivity contribution in [3.8, 4) is 11.1 Å². The lowest BCUT2D eigenvalue weighted by molar-refractivity contribution is -0.146. The second kappa shape index (κ2) is 7.86. The number of anilines is 1. The van der Waals surface area contributed by atoms with Crippen LogP contribution in [0, 0.1) is 11.6 Å². The number of carbonyl (C=O) groups is 1. The molecule has 0 bridgehead atoms. The van der Waals surface area contributed by atoms with Crippen LogP contribution < -0.4 is 5.32 Å². The highest BCUT2D eigenvalue weighted by atomic mass is 19.3. The molecule has 1 N–H and O–H groups in total. The Labute approximate surface area is 167 Å². The van der Waals surface area contributed by atoms with Crippen molar-refractivity contribution in [2.24, 2.45) is 0 Å². The minimum atomic E-state index is -2.97. The molecule has 2 aromatic heterocycles. The van der Waals surface area contributed by atoms with Crippen molar-refractivity contribution in [2.75, 3.05) is 11.9 Å². The fraction of sp³-hybridized carbons (Fsp3) is 0.250. The molecular weight excluding hydrogens is 406 g/mol. The zero-order chi connectivity index (χ0) is 21.3. The highest BCUT2D eigenvalue weighted by molar-refractivity contribution is 6.05. The predicted molar refractivity (Wildman–Crippen MR) is 96.9 cm³/mol. The lowest BCUT2D eigenvalue weighted by atomic mass is 9.97. The Morgan fingerprint density at radius 3 is 2.67 bits per heavy atom. The van der Waals surface area contributed by atoms with Gasteiger partial charge in [0.25, 0.3) is 11.8 Å². The van der Waals surface area contributed by atoms with Crippen LogP contribution in [0.2, 0.25) is 0 Å². The Morgan fingerprint density at radius 2 is 1.97 bits per heavy atom. The highest BCUT2D eigenvalue weighted by Crippen LogP contribution is 2.41. The van der Waals surface area contributed by atoms with Gasteiger partial charge in [-0.3, -0.25) is 9.78 Å². The number of ether oxygens (including phenoxy) is 1. The molecule has 156 valence electrons. The Kier molecular flexibility index (Phi) is 5.25. The summed E-state index contributed by atoms with van der Waals surface area (Å²) in [5.41, 5.74) is 0.122. The summed E-state index contributed by atoms with van der Waals surface area (Å²) in [7, 11) is 0. The number of amides is 1. The lowest BCUT2D eigenvalue weighted by Gasteiger charge is -2.30. The second-order valence-corrected chi connectivity index (χ2v) is 6.77. The zero-order valence-electron chi connectivity index (χ0n) is 15.4. The molecule has 0 radical (unpaired) electrons. The normalized spacial score (nSPS) is 18.2. The van der Waals surface area contributed by atoms with E-state index in [9.17, 15) is 22.4 Å². The summed E-state index contributed by atoms with van der Waals surface area (Å²) in [6.45, 7) is -0.812. The second-order valence-electron chi connectivity index (χ2n) is 6.77. The molecule has 1 saturated heterocycles. The standard InChI is InChI=1S/C20H15F4N3O3/c21-11-1-2-14(22)13(9-11)12-4-7-25-18(15-3-6-20(23,24)10-29-15)17(12)27-19(28)16-5-8-26-30-16/h1-2,4-5,7-9,15H,3,6,10H2,(H,27,28). The van der Waals surface area contributed by atoms with Crippen molar-refractivity contribution < 1.29 is 31.6 Å². The molecule has 3 aromatic rings. The Bertz CT molecular complexity index is 1060. The van der Waals surface area contributed by atoms with Gasteiger partial charge in [-0.05, 0) is 30.7 Å². The van der Waals surface area contributed by atoms with Gasteiger partial charge in [0.05, 0.1) is 17.6 Å². The van der Waals surface area contributed by atoms with E-state index >= 15 is 0 Å². The van der Waals surface area contributed by atoms with Crippen molar-refractivity contribution in [1.29, 1.82) is 0 Å². The van der Waals surface area contributed by atoms with Gasteiger partial charge in [0, 0.05) is 29.8 Å². The smallest absolute Gasteiger partial charge is 0.294 e. The van der Waals surface area contributed by atoms with Gasteiger partial charge in [0.2, 0.25) is 5.76 Å². The van der Waals surface area contributed by atoms with Crippen LogP contribution in [-0.2, 0) is 4.74 Å². The first-order valence-corrected chi connectivity index (χ1v) is 9.00. The van der Waals surface area contributed by atoms with Crippen LogP contribution in [0.1, 0.15) is 35.2 Å². The van der Waals surface area contributed by atoms with Crippen molar-refractivity contribution in [3.05, 3.63) is 65.8 Å². The molecule has 6 nitrogen and oxygen atoms in total. The van der Waals surface area contributed by atoms with E-state index < -0.39 is 42.6 Å². The van der Waals surface area contributed by atoms with Gasteiger partial charge >= 0.3 is 0 Å². The zero-order valence-corrected chi connectivity index (χ0v) is 15.4. The van der Waals surface area contributed by atoms with Gasteiger partial charge in [-0.2, -0.15) is 0 Å². The monoisotopic (exact) mass is 421 g/mol. The first kappa shape index (κ1) is 20.0. The van der Waals surface area contributed by atoms with Gasteiger partial charge < -0.3 is 14.6 Å². The van der Waals surface area contributed by atoms with Crippen LogP contribution in [-0.4, -0.2) is 28.6 Å². The molecule has 1 aromatic carbocycles. The van der Waals surface area contributed by atoms with E-state index in [1.807, 2.05) is 0 Å². The fourth-order valence-corrected chi connectivity index (χ4v) is 3.23. The minimum absolute atomic E-state index is 0.0126. The number of halogens is 4. The van der Waals surface area contributed by atoms with E-state index in [2.05, 4.69) is 15.5 Å². The molecule has 10 heteroatoms. The third kappa shape index (κ3) is 4.04. The van der Waals surface area contributed by atoms with Crippen LogP contribution in [0.4, 0.5) is 23.2 Å². The number of benzene rings is 1. The molecule has 1 aliphatic heterocycles. The number of carbonyl (C=O) groups excluding carboxylic acids is 1. The first-order chi connectivity index (χ1) is 14.3. The third-order valence-electron chi connectivity index (χ3n) is 4.67. The van der Waals surface area contributed by atoms with Gasteiger partial charge in [0.1, 0.15) is 24.3 Å². The molecule has 30 heavy (non-hydrogen) atoms. The molecule has 1 fully saturated rings. The first-order valence-electron chi connectivity index (χ1n) is 9.00. The number of pyridine rings is 1. The molecule has 0 saturated carbocycles. The van der Waals surface area contributed by atoms with Crippen LogP contribution >= 0.6 is 0 Å². The van der Waals surface area contributed by atoms with Crippen molar-refractivity contribution in [3.63, 3.8) is 0 Å². The SMILES string of the molecule is O=C(Nc1c(-c2cc(F)ccc2F)ccnc1C1CCC(F)(F)CO1)c1ccno1. The summed E-state index contributed by atoms with van der Waals surface area (Å²) in [6, 6.07) is 5.57. The number of hydrogen-bond donors (Lipinski definition) is 1. The summed E-state index contributed by atoms with van der Waals surface area (Å²) < 4.78 is 65.4. The fourth-order valence-electron chi connectivity index (χ4n) is 3.23. The molecule has 1 amide bonds. The van der Waals surface area contributed by atoms with Crippen molar-refractivity contribution in [2.45, 2.75) is 24.9 Å². The number of rotatable bonds is 4. The number of nitrogens with zero attached hydrogens (tertiary/aromatic N) is 2. The van der Waals surface area contributed by atoms with Crippen LogP contribution in [0.15, 0.2) is 47.2 Å². The van der Waals surface area contributed by atoms with Crippen LogP contribution in [0.5, 0.6) is 0 Å². The predicted octanol–water partition coefficient (Wildman–Crippen LogP) is 4.75. The molecular formula is C20H15F4N3O3. The Balaban J connectivity index is 1.80. The topological polar surface area (TPSA) is 77.2 Å². The van der Waals surface area contributed by atoms with Gasteiger partial charge in [-0.25, -0.2) is 17.6 Å². The molecule has 0 spiro atoms. The molecule has 0 aliphatic carbocycles. The summed E-state index contributed by atoms with van der Waals surface area (Å²) in [6.07, 6.45) is 1.20. The average molecular weight is 421 g/mol. The maximum absolute atomic E-state index is 14.5. The minimum Gasteiger partial charge on any atom is -0.366 e. The van der Waals surface area contributed by atoms with Gasteiger partial charge in [0.15, 0.2) is 0 Å². The quantitative estimate of drug-likeness (QED) is 0.615. The molecule has 3 heterocycles. The maximum Gasteiger partial charge on any atom is 0.294 e. The number of alkyl halides is 2. The number of nitrogens with one attached hydrogen (secondary N) is 1. The summed E-state index contributed by atoms with van der Waals surface area (Å²) in [4.78, 5) is 16.7. The van der Waals surface area contributed by atoms with E-state index in [1.165, 1.54) is 24.5 Å². The van der Waals surface area contributed by atoms with E-state index in [0.717, 1.165) is 18.2 Å². The van der Waals surface area contributed by atoms with E-state index in [4.69, 9.17) is 9.26 Å². The third-order valence-corrected chi connectivity index (χ3v) is 4.67. The average Bonchev–Trinajstić information content (AvgIpc) is 3.25. The molecule has 1 aliphatic rings. The summed E-state index contributed by atoms with van der Waals surface area (Å²) in [5, 5.41) is 6.00. The molecule has 1 atom stereocenters. The molecule has 4 rings (SSSR count). The maximum atomic E-state index is 14.5. The Hall–Kier alpha value is -3.27. The van der Waals surface area contributed by atoms with Crippen LogP contribution in [0.25, 0.3) is 11.1 Å². The number of aromatic nitrogens is 2. The van der Waals surface area contributed by atoms with Crippen molar-refractivity contribution >= 4 is 11.6 Å². The largest absolute Gasteiger partial charge is 0.366 e. The summed E-state index contributed by atoms with van der Waals surface area (Å²) >= 11 is 0. The van der Waals surface area contributed by atoms with Gasteiger partial charge in [-0.1, -0.05) is 5.16 Å². The van der Waals surface area contributed by atoms with Gasteiger partial charge in [-0.15, -0.1) is 0 Å². The van der Waals surface area contributed by atoms with Crippen molar-refractivity contribution in [1.82, 2.24) is 10.1 Å². The molecule has 1 unspecified atom stereocenters. The van der Waals surface area contributed by atoms with E-state index in [1.54, 1.807) is 0 Å². The number of hydrogen-bond acceptors (Lipinski definition) is 5. The highest BCUT2D eigenvalue weighted by Gasteiger charge is 2.38. The lowest BCUT2D eigenvalue weighted by Crippen LogP contribution is -2.31. The van der Waals surface area contributed by atoms with E-state index in [-0.39, 0.29) is 34.7 Å². The summed E-state index contributed by atoms with van der Waals surface area (Å²) in [5.74, 6) is -5.25. The Morgan fingerprint density at radius 1 is 1.13 bits per heavy atom. The van der Waals surface area contributed by atoms with E-state index in [0.29, 0.717) is 0 Å².